The van der Waals surface area contributed by atoms with Crippen LogP contribution in [0, 0.1) is 58.6 Å². The molecule has 59 heavy (non-hydrogen) atoms. The van der Waals surface area contributed by atoms with Crippen LogP contribution in [-0.4, -0.2) is 18.5 Å². The molecule has 0 aliphatic rings. The normalized spacial score (nSPS) is 14.6. The lowest BCUT2D eigenvalue weighted by molar-refractivity contribution is 0.381. The molecule has 0 nitrogen and oxygen atoms in total. The zero-order valence-electron chi connectivity index (χ0n) is 39.7. The van der Waals surface area contributed by atoms with E-state index in [4.69, 9.17) is 0 Å². The van der Waals surface area contributed by atoms with E-state index in [2.05, 4.69) is 69.2 Å². The van der Waals surface area contributed by atoms with Gasteiger partial charge in [0.1, 0.15) is 5.82 Å². The van der Waals surface area contributed by atoms with Gasteiger partial charge in [-0.3, -0.25) is 0 Å². The summed E-state index contributed by atoms with van der Waals surface area (Å²) in [6, 6.07) is 4.22. The van der Waals surface area contributed by atoms with Crippen molar-refractivity contribution in [3.8, 4) is 11.1 Å². The highest BCUT2D eigenvalue weighted by Crippen LogP contribution is 2.41. The first kappa shape index (κ1) is 57.5. The molecule has 2 aromatic rings. The summed E-state index contributed by atoms with van der Waals surface area (Å²) in [6.07, 6.45) is 36.3. The van der Waals surface area contributed by atoms with Crippen LogP contribution in [0.4, 0.5) is 26.3 Å². The van der Waals surface area contributed by atoms with Gasteiger partial charge in [-0.25, -0.2) is 26.3 Å². The van der Waals surface area contributed by atoms with E-state index in [-0.39, 0.29) is 6.15 Å². The summed E-state index contributed by atoms with van der Waals surface area (Å²) in [7, 11) is 0.798. The largest absolute Gasteiger partial charge is 0.206 e. The molecule has 0 saturated carbocycles. The van der Waals surface area contributed by atoms with E-state index in [0.29, 0.717) is 0 Å². The highest BCUT2D eigenvalue weighted by Gasteiger charge is 2.31. The van der Waals surface area contributed by atoms with Crippen LogP contribution in [0.15, 0.2) is 24.3 Å². The third kappa shape index (κ3) is 24.7. The minimum absolute atomic E-state index is 0.214. The van der Waals surface area contributed by atoms with Crippen molar-refractivity contribution in [3.05, 3.63) is 59.2 Å². The van der Waals surface area contributed by atoms with Gasteiger partial charge in [0.2, 0.25) is 5.82 Å². The van der Waals surface area contributed by atoms with Crippen LogP contribution in [-0.2, 0) is 0 Å². The molecule has 0 fully saturated rings. The highest BCUT2D eigenvalue weighted by atomic mass is 31.1. The Morgan fingerprint density at radius 3 is 1.10 bits per heavy atom. The Kier molecular flexibility index (Phi) is 34.1. The Morgan fingerprint density at radius 2 is 0.746 bits per heavy atom. The maximum atomic E-state index is 13.4. The van der Waals surface area contributed by atoms with Gasteiger partial charge < -0.3 is 0 Å². The second-order valence-corrected chi connectivity index (χ2v) is 20.5. The van der Waals surface area contributed by atoms with Crippen LogP contribution in [0.3, 0.4) is 0 Å². The monoisotopic (exact) mass is 859 g/mol. The lowest BCUT2D eigenvalue weighted by Gasteiger charge is -2.47. The smallest absolute Gasteiger partial charge is 0.200 e. The summed E-state index contributed by atoms with van der Waals surface area (Å²) in [5, 5.41) is 0. The molecule has 0 aliphatic heterocycles. The summed E-state index contributed by atoms with van der Waals surface area (Å²) >= 11 is 0. The van der Waals surface area contributed by atoms with Crippen molar-refractivity contribution in [2.45, 2.75) is 217 Å². The molecule has 8 heteroatoms. The molecule has 0 N–H and O–H groups in total. The maximum absolute atomic E-state index is 13.4. The summed E-state index contributed by atoms with van der Waals surface area (Å²) in [5.74, 6) is -8.01. The SMILES string of the molecule is CCCC(C)C[B-](CC(C)CCC)(CC(C)CCC)CC(C)CCC.CCCCCCCCC[PH2+]CCCCCC.Fc1ccccc1-c1c(F)c(F)c(F)c(F)c1F. The number of hydrogen-bond donors (Lipinski definition) is 0. The molecule has 0 saturated heterocycles. The van der Waals surface area contributed by atoms with Crippen molar-refractivity contribution in [2.75, 3.05) is 12.3 Å². The van der Waals surface area contributed by atoms with E-state index in [9.17, 15) is 26.3 Å². The summed E-state index contributed by atoms with van der Waals surface area (Å²) in [5.41, 5.74) is -1.96. The average molecular weight is 859 g/mol. The fourth-order valence-electron chi connectivity index (χ4n) is 10.0. The van der Waals surface area contributed by atoms with E-state index in [1.807, 2.05) is 0 Å². The molecule has 0 spiro atoms. The Bertz CT molecular complexity index is 1220. The second kappa shape index (κ2) is 35.0. The fraction of sp³-hybridized carbons (Fsp3) is 0.765. The zero-order valence-corrected chi connectivity index (χ0v) is 40.9. The van der Waals surface area contributed by atoms with Crippen LogP contribution in [0.5, 0.6) is 0 Å². The molecule has 2 aromatic carbocycles. The van der Waals surface area contributed by atoms with Gasteiger partial charge in [0.25, 0.3) is 0 Å². The van der Waals surface area contributed by atoms with Gasteiger partial charge in [0.15, 0.2) is 23.3 Å². The van der Waals surface area contributed by atoms with Crippen LogP contribution in [0.25, 0.3) is 11.1 Å². The van der Waals surface area contributed by atoms with Crippen molar-refractivity contribution in [3.63, 3.8) is 0 Å². The summed E-state index contributed by atoms with van der Waals surface area (Å²) in [4.78, 5) is 0. The van der Waals surface area contributed by atoms with Crippen molar-refractivity contribution < 1.29 is 26.3 Å². The van der Waals surface area contributed by atoms with Gasteiger partial charge in [-0.1, -0.05) is 207 Å². The highest BCUT2D eigenvalue weighted by molar-refractivity contribution is 7.37. The van der Waals surface area contributed by atoms with Crippen LogP contribution >= 0.6 is 8.58 Å². The van der Waals surface area contributed by atoms with Crippen LogP contribution in [0.2, 0.25) is 25.3 Å². The third-order valence-electron chi connectivity index (χ3n) is 12.4. The lowest BCUT2D eigenvalue weighted by atomic mass is 9.14. The van der Waals surface area contributed by atoms with Gasteiger partial charge >= 0.3 is 0 Å². The standard InChI is InChI=1S/C24H52B.C15H33P.C12H4F6/c1-9-13-21(5)17-25(18-22(6)14-10-2,19-23(7)15-11-3)20-24(8)16-12-4;1-3-5-7-9-10-11-13-15-16-14-12-8-6-4-2;13-6-4-2-1-3-5(6)7-8(14)10(16)12(18)11(17)9(7)15/h21-24H,9-20H2,1-8H3;16H,3-15H2,1-2H3;1-4H/q-1;;/p+1. The van der Waals surface area contributed by atoms with Crippen molar-refractivity contribution >= 4 is 14.7 Å². The van der Waals surface area contributed by atoms with Gasteiger partial charge in [0.05, 0.1) is 17.9 Å². The molecule has 5 atom stereocenters. The Balaban J connectivity index is 0.000000881. The van der Waals surface area contributed by atoms with Gasteiger partial charge in [-0.15, -0.1) is 0 Å². The molecular formula is C51H90BF6P. The molecule has 0 radical (unpaired) electrons. The number of hydrogen-bond acceptors (Lipinski definition) is 0. The van der Waals surface area contributed by atoms with Crippen molar-refractivity contribution in [1.82, 2.24) is 0 Å². The molecular weight excluding hydrogens is 768 g/mol. The molecule has 0 aromatic heterocycles. The van der Waals surface area contributed by atoms with Gasteiger partial charge in [-0.05, 0) is 40.3 Å². The van der Waals surface area contributed by atoms with Gasteiger partial charge in [0, 0.05) is 11.7 Å². The predicted molar refractivity (Wildman–Crippen MR) is 254 cm³/mol. The van der Waals surface area contributed by atoms with Gasteiger partial charge in [-0.2, -0.15) is 25.3 Å². The van der Waals surface area contributed by atoms with Crippen LogP contribution < -0.4 is 0 Å². The number of unbranched alkanes of at least 4 members (excludes halogenated alkanes) is 9. The first-order valence-electron chi connectivity index (χ1n) is 24.5. The topological polar surface area (TPSA) is 0 Å². The fourth-order valence-corrected chi connectivity index (χ4v) is 11.5. The molecule has 0 heterocycles. The number of halogens is 6. The van der Waals surface area contributed by atoms with E-state index in [0.717, 1.165) is 44.4 Å². The minimum atomic E-state index is -2.27. The Hall–Kier alpha value is -1.49. The van der Waals surface area contributed by atoms with E-state index < -0.39 is 46.0 Å². The van der Waals surface area contributed by atoms with E-state index in [1.54, 1.807) is 12.3 Å². The summed E-state index contributed by atoms with van der Waals surface area (Å²) < 4.78 is 78.8. The third-order valence-corrected chi connectivity index (χ3v) is 14.0. The summed E-state index contributed by atoms with van der Waals surface area (Å²) in [6.45, 7) is 24.2. The molecule has 0 amide bonds. The zero-order chi connectivity index (χ0) is 44.6. The molecule has 344 valence electrons. The number of benzene rings is 2. The lowest BCUT2D eigenvalue weighted by Crippen LogP contribution is -2.41. The van der Waals surface area contributed by atoms with Crippen molar-refractivity contribution in [1.29, 1.82) is 0 Å². The number of rotatable bonds is 30. The predicted octanol–water partition coefficient (Wildman–Crippen LogP) is 19.1. The maximum Gasteiger partial charge on any atom is 0.200 e. The average Bonchev–Trinajstić information content (AvgIpc) is 3.18. The Morgan fingerprint density at radius 1 is 0.424 bits per heavy atom. The van der Waals surface area contributed by atoms with Crippen molar-refractivity contribution in [2.24, 2.45) is 23.7 Å². The first-order chi connectivity index (χ1) is 28.2. The molecule has 5 unspecified atom stereocenters. The first-order valence-corrected chi connectivity index (χ1v) is 26.1. The molecule has 0 aliphatic carbocycles. The van der Waals surface area contributed by atoms with E-state index >= 15 is 0 Å². The molecule has 0 bridgehead atoms. The quantitative estimate of drug-likeness (QED) is 0.0183. The molecule has 2 rings (SSSR count). The van der Waals surface area contributed by atoms with Crippen LogP contribution in [0.1, 0.15) is 191 Å². The van der Waals surface area contributed by atoms with E-state index in [1.165, 1.54) is 159 Å². The second-order valence-electron chi connectivity index (χ2n) is 18.7. The minimum Gasteiger partial charge on any atom is -0.206 e. The Labute approximate surface area is 362 Å².